The van der Waals surface area contributed by atoms with E-state index in [1.54, 1.807) is 0 Å². The zero-order valence-corrected chi connectivity index (χ0v) is 9.73. The number of hydrogen-bond donors (Lipinski definition) is 3. The minimum atomic E-state index is -1.03. The van der Waals surface area contributed by atoms with E-state index < -0.39 is 17.9 Å². The molecule has 0 heterocycles. The number of carbonyl (C=O) groups excluding carboxylic acids is 1. The Bertz CT molecular complexity index is 231. The molecule has 0 aliphatic rings. The van der Waals surface area contributed by atoms with Crippen LogP contribution >= 0.6 is 0 Å². The Kier molecular flexibility index (Phi) is 7.49. The van der Waals surface area contributed by atoms with Gasteiger partial charge in [-0.3, -0.25) is 4.79 Å². The number of carboxylic acids is 1. The van der Waals surface area contributed by atoms with E-state index in [2.05, 4.69) is 5.32 Å². The lowest BCUT2D eigenvalue weighted by Crippen LogP contribution is -2.43. The summed E-state index contributed by atoms with van der Waals surface area (Å²) in [6.45, 7) is 4.26. The van der Waals surface area contributed by atoms with Crippen LogP contribution in [0.2, 0.25) is 0 Å². The Morgan fingerprint density at radius 2 is 2.06 bits per heavy atom. The zero-order chi connectivity index (χ0) is 12.6. The first kappa shape index (κ1) is 14.9. The molecule has 1 unspecified atom stereocenters. The van der Waals surface area contributed by atoms with Crippen molar-refractivity contribution in [2.45, 2.75) is 26.3 Å². The highest BCUT2D eigenvalue weighted by Crippen LogP contribution is 2.04. The summed E-state index contributed by atoms with van der Waals surface area (Å²) in [5.74, 6) is -1.26. The molecule has 0 rings (SSSR count). The summed E-state index contributed by atoms with van der Waals surface area (Å²) in [7, 11) is 0. The third kappa shape index (κ3) is 7.19. The average molecular weight is 232 g/mol. The summed E-state index contributed by atoms with van der Waals surface area (Å²) >= 11 is 0. The Morgan fingerprint density at radius 1 is 1.44 bits per heavy atom. The van der Waals surface area contributed by atoms with Crippen LogP contribution in [-0.4, -0.2) is 42.8 Å². The molecule has 1 amide bonds. The summed E-state index contributed by atoms with van der Waals surface area (Å²) in [6, 6.07) is -0.853. The van der Waals surface area contributed by atoms with Crippen LogP contribution in [-0.2, 0) is 14.3 Å². The number of carboxylic acid groups (broad SMARTS) is 1. The van der Waals surface area contributed by atoms with Gasteiger partial charge in [0.2, 0.25) is 5.91 Å². The van der Waals surface area contributed by atoms with Crippen molar-refractivity contribution in [1.82, 2.24) is 5.32 Å². The van der Waals surface area contributed by atoms with Crippen molar-refractivity contribution in [3.63, 3.8) is 0 Å². The Balaban J connectivity index is 3.98. The molecule has 0 fully saturated rings. The van der Waals surface area contributed by atoms with E-state index in [-0.39, 0.29) is 19.1 Å². The molecule has 0 aromatic carbocycles. The highest BCUT2D eigenvalue weighted by molar-refractivity contribution is 5.84. The van der Waals surface area contributed by atoms with E-state index in [4.69, 9.17) is 15.6 Å². The monoisotopic (exact) mass is 232 g/mol. The summed E-state index contributed by atoms with van der Waals surface area (Å²) < 4.78 is 4.90. The first-order chi connectivity index (χ1) is 7.47. The minimum absolute atomic E-state index is 0.154. The van der Waals surface area contributed by atoms with Crippen molar-refractivity contribution in [1.29, 1.82) is 0 Å². The molecule has 16 heavy (non-hydrogen) atoms. The van der Waals surface area contributed by atoms with Crippen LogP contribution in [0.5, 0.6) is 0 Å². The standard InChI is InChI=1S/C10H20N2O4/c1-7(2)5-8(10(14)15)12-9(13)6-16-4-3-11/h7-8H,3-6,11H2,1-2H3,(H,12,13)(H,14,15). The molecule has 0 aliphatic carbocycles. The molecule has 4 N–H and O–H groups in total. The van der Waals surface area contributed by atoms with Crippen molar-refractivity contribution < 1.29 is 19.4 Å². The van der Waals surface area contributed by atoms with E-state index in [0.717, 1.165) is 0 Å². The van der Waals surface area contributed by atoms with Crippen LogP contribution in [0.1, 0.15) is 20.3 Å². The maximum atomic E-state index is 11.3. The Morgan fingerprint density at radius 3 is 2.50 bits per heavy atom. The maximum absolute atomic E-state index is 11.3. The van der Waals surface area contributed by atoms with E-state index in [1.165, 1.54) is 0 Å². The van der Waals surface area contributed by atoms with Crippen molar-refractivity contribution in [3.05, 3.63) is 0 Å². The van der Waals surface area contributed by atoms with Gasteiger partial charge in [-0.15, -0.1) is 0 Å². The lowest BCUT2D eigenvalue weighted by atomic mass is 10.0. The number of amides is 1. The van der Waals surface area contributed by atoms with Crippen LogP contribution in [0.3, 0.4) is 0 Å². The highest BCUT2D eigenvalue weighted by Gasteiger charge is 2.20. The van der Waals surface area contributed by atoms with Gasteiger partial charge < -0.3 is 20.9 Å². The quantitative estimate of drug-likeness (QED) is 0.493. The number of carbonyl (C=O) groups is 2. The predicted molar refractivity (Wildman–Crippen MR) is 58.9 cm³/mol. The van der Waals surface area contributed by atoms with Crippen LogP contribution in [0.15, 0.2) is 0 Å². The van der Waals surface area contributed by atoms with Crippen LogP contribution in [0, 0.1) is 5.92 Å². The van der Waals surface area contributed by atoms with E-state index in [0.29, 0.717) is 13.0 Å². The van der Waals surface area contributed by atoms with Crippen molar-refractivity contribution in [2.24, 2.45) is 11.7 Å². The van der Waals surface area contributed by atoms with Gasteiger partial charge in [0.05, 0.1) is 6.61 Å². The second-order valence-corrected chi connectivity index (χ2v) is 3.93. The van der Waals surface area contributed by atoms with E-state index in [1.807, 2.05) is 13.8 Å². The third-order valence-corrected chi connectivity index (χ3v) is 1.84. The number of nitrogens with two attached hydrogens (primary N) is 1. The predicted octanol–water partition coefficient (Wildman–Crippen LogP) is -0.423. The zero-order valence-electron chi connectivity index (χ0n) is 9.73. The molecule has 0 saturated heterocycles. The maximum Gasteiger partial charge on any atom is 0.326 e. The van der Waals surface area contributed by atoms with Crippen molar-refractivity contribution >= 4 is 11.9 Å². The summed E-state index contributed by atoms with van der Waals surface area (Å²) in [5.41, 5.74) is 5.18. The fourth-order valence-corrected chi connectivity index (χ4v) is 1.18. The normalized spacial score (nSPS) is 12.5. The van der Waals surface area contributed by atoms with Gasteiger partial charge >= 0.3 is 5.97 Å². The fraction of sp³-hybridized carbons (Fsp3) is 0.800. The van der Waals surface area contributed by atoms with Gasteiger partial charge in [-0.1, -0.05) is 13.8 Å². The van der Waals surface area contributed by atoms with E-state index >= 15 is 0 Å². The number of ether oxygens (including phenoxy) is 1. The molecule has 94 valence electrons. The molecule has 0 spiro atoms. The molecule has 0 aromatic heterocycles. The number of aliphatic carboxylic acids is 1. The van der Waals surface area contributed by atoms with Gasteiger partial charge in [0, 0.05) is 6.54 Å². The van der Waals surface area contributed by atoms with Crippen molar-refractivity contribution in [3.8, 4) is 0 Å². The second-order valence-electron chi connectivity index (χ2n) is 3.93. The first-order valence-corrected chi connectivity index (χ1v) is 5.27. The van der Waals surface area contributed by atoms with E-state index in [9.17, 15) is 9.59 Å². The van der Waals surface area contributed by atoms with Gasteiger partial charge in [-0.25, -0.2) is 4.79 Å². The second kappa shape index (κ2) is 8.06. The van der Waals surface area contributed by atoms with Gasteiger partial charge in [0.15, 0.2) is 0 Å². The van der Waals surface area contributed by atoms with Gasteiger partial charge in [0.25, 0.3) is 0 Å². The fourth-order valence-electron chi connectivity index (χ4n) is 1.18. The lowest BCUT2D eigenvalue weighted by molar-refractivity contribution is -0.143. The van der Waals surface area contributed by atoms with Gasteiger partial charge in [-0.2, -0.15) is 0 Å². The van der Waals surface area contributed by atoms with Crippen LogP contribution in [0.4, 0.5) is 0 Å². The molecule has 0 radical (unpaired) electrons. The van der Waals surface area contributed by atoms with Gasteiger partial charge in [0.1, 0.15) is 12.6 Å². The summed E-state index contributed by atoms with van der Waals surface area (Å²) in [5, 5.41) is 11.3. The molecule has 0 bridgehead atoms. The average Bonchev–Trinajstić information content (AvgIpc) is 2.16. The number of rotatable bonds is 8. The largest absolute Gasteiger partial charge is 0.480 e. The first-order valence-electron chi connectivity index (χ1n) is 5.27. The minimum Gasteiger partial charge on any atom is -0.480 e. The molecule has 1 atom stereocenters. The molecule has 0 aromatic rings. The molecule has 6 heteroatoms. The molecular weight excluding hydrogens is 212 g/mol. The van der Waals surface area contributed by atoms with Crippen LogP contribution < -0.4 is 11.1 Å². The molecular formula is C10H20N2O4. The Hall–Kier alpha value is -1.14. The summed E-state index contributed by atoms with van der Waals surface area (Å²) in [4.78, 5) is 22.1. The van der Waals surface area contributed by atoms with Crippen LogP contribution in [0.25, 0.3) is 0 Å². The Labute approximate surface area is 95.1 Å². The smallest absolute Gasteiger partial charge is 0.326 e. The topological polar surface area (TPSA) is 102 Å². The molecule has 0 saturated carbocycles. The SMILES string of the molecule is CC(C)CC(NC(=O)COCCN)C(=O)O. The molecule has 0 aliphatic heterocycles. The van der Waals surface area contributed by atoms with Gasteiger partial charge in [-0.05, 0) is 12.3 Å². The lowest BCUT2D eigenvalue weighted by Gasteiger charge is -2.16. The highest BCUT2D eigenvalue weighted by atomic mass is 16.5. The number of nitrogens with one attached hydrogen (secondary N) is 1. The summed E-state index contributed by atoms with van der Waals surface area (Å²) in [6.07, 6.45) is 0.401. The third-order valence-electron chi connectivity index (χ3n) is 1.84. The number of hydrogen-bond acceptors (Lipinski definition) is 4. The molecule has 6 nitrogen and oxygen atoms in total. The van der Waals surface area contributed by atoms with Crippen molar-refractivity contribution in [2.75, 3.05) is 19.8 Å².